The van der Waals surface area contributed by atoms with Crippen LogP contribution in [-0.4, -0.2) is 16.0 Å². The summed E-state index contributed by atoms with van der Waals surface area (Å²) >= 11 is 0. The van der Waals surface area contributed by atoms with Gasteiger partial charge in [-0.25, -0.2) is 9.78 Å². The quantitative estimate of drug-likeness (QED) is 0.645. The highest BCUT2D eigenvalue weighted by molar-refractivity contribution is 5.79. The van der Waals surface area contributed by atoms with Gasteiger partial charge < -0.3 is 4.98 Å². The Morgan fingerprint density at radius 2 is 2.11 bits per heavy atom. The molecule has 1 aliphatic rings. The number of aromatic nitrogens is 2. The highest BCUT2D eigenvalue weighted by Gasteiger charge is 2.18. The van der Waals surface area contributed by atoms with Crippen LogP contribution >= 0.6 is 0 Å². The summed E-state index contributed by atoms with van der Waals surface area (Å²) in [7, 11) is 0. The number of hydrogen-bond acceptors (Lipinski definition) is 3. The van der Waals surface area contributed by atoms with E-state index in [2.05, 4.69) is 15.0 Å². The van der Waals surface area contributed by atoms with E-state index in [1.54, 1.807) is 12.1 Å². The van der Waals surface area contributed by atoms with Crippen LogP contribution in [-0.2, 0) is 4.79 Å². The normalized spacial score (nSPS) is 16.7. The lowest BCUT2D eigenvalue weighted by Gasteiger charge is -2.18. The summed E-state index contributed by atoms with van der Waals surface area (Å²) in [5.74, 6) is 1.64. The van der Waals surface area contributed by atoms with Crippen LogP contribution in [0.4, 0.5) is 5.69 Å². The third-order valence-electron chi connectivity index (χ3n) is 3.65. The molecule has 1 aromatic carbocycles. The summed E-state index contributed by atoms with van der Waals surface area (Å²) in [6.07, 6.45) is 7.93. The van der Waals surface area contributed by atoms with Crippen LogP contribution in [0.15, 0.2) is 23.2 Å². The van der Waals surface area contributed by atoms with Crippen LogP contribution in [0.2, 0.25) is 0 Å². The van der Waals surface area contributed by atoms with Gasteiger partial charge in [0.1, 0.15) is 5.82 Å². The molecular weight excluding hydrogens is 226 g/mol. The van der Waals surface area contributed by atoms with E-state index in [4.69, 9.17) is 0 Å². The molecule has 2 aromatic rings. The minimum atomic E-state index is 0.559. The Balaban J connectivity index is 1.96. The van der Waals surface area contributed by atoms with Gasteiger partial charge >= 0.3 is 0 Å². The van der Waals surface area contributed by atoms with E-state index in [1.165, 1.54) is 32.1 Å². The van der Waals surface area contributed by atoms with E-state index in [1.807, 2.05) is 12.1 Å². The fourth-order valence-electron chi connectivity index (χ4n) is 2.71. The Morgan fingerprint density at radius 3 is 2.89 bits per heavy atom. The van der Waals surface area contributed by atoms with E-state index in [0.29, 0.717) is 11.6 Å². The molecule has 18 heavy (non-hydrogen) atoms. The molecule has 0 spiro atoms. The van der Waals surface area contributed by atoms with Crippen molar-refractivity contribution in [1.82, 2.24) is 9.97 Å². The van der Waals surface area contributed by atoms with Gasteiger partial charge in [0.05, 0.1) is 16.7 Å². The second-order valence-corrected chi connectivity index (χ2v) is 4.86. The van der Waals surface area contributed by atoms with Gasteiger partial charge in [0.25, 0.3) is 0 Å². The molecule has 0 atom stereocenters. The van der Waals surface area contributed by atoms with Crippen molar-refractivity contribution in [2.45, 2.75) is 38.0 Å². The Bertz CT molecular complexity index is 605. The van der Waals surface area contributed by atoms with Crippen molar-refractivity contribution < 1.29 is 4.79 Å². The first-order valence-corrected chi connectivity index (χ1v) is 6.44. The first kappa shape index (κ1) is 11.2. The summed E-state index contributed by atoms with van der Waals surface area (Å²) in [6.45, 7) is 0. The van der Waals surface area contributed by atoms with Crippen LogP contribution in [0.3, 0.4) is 0 Å². The molecule has 1 saturated carbocycles. The van der Waals surface area contributed by atoms with Crippen molar-refractivity contribution in [2.75, 3.05) is 0 Å². The van der Waals surface area contributed by atoms with E-state index < -0.39 is 0 Å². The van der Waals surface area contributed by atoms with Crippen molar-refractivity contribution in [3.05, 3.63) is 24.0 Å². The monoisotopic (exact) mass is 241 g/mol. The lowest BCUT2D eigenvalue weighted by molar-refractivity contribution is 0.431. The Hall–Kier alpha value is -1.93. The smallest absolute Gasteiger partial charge is 0.240 e. The standard InChI is InChI=1S/C14H15N3O/c18-9-15-11-6-7-12-13(8-11)17-14(16-12)10-4-2-1-3-5-10/h6-8,10H,1-5H2,(H,16,17). The van der Waals surface area contributed by atoms with Gasteiger partial charge in [-0.05, 0) is 31.0 Å². The topological polar surface area (TPSA) is 58.1 Å². The van der Waals surface area contributed by atoms with Gasteiger partial charge in [-0.3, -0.25) is 0 Å². The predicted molar refractivity (Wildman–Crippen MR) is 69.7 cm³/mol. The number of aromatic amines is 1. The Kier molecular flexibility index (Phi) is 2.95. The summed E-state index contributed by atoms with van der Waals surface area (Å²) in [6, 6.07) is 5.53. The third-order valence-corrected chi connectivity index (χ3v) is 3.65. The van der Waals surface area contributed by atoms with Gasteiger partial charge in [-0.15, -0.1) is 0 Å². The van der Waals surface area contributed by atoms with Crippen molar-refractivity contribution in [3.63, 3.8) is 0 Å². The highest BCUT2D eigenvalue weighted by atomic mass is 16.1. The molecular formula is C14H15N3O. The Morgan fingerprint density at radius 1 is 1.28 bits per heavy atom. The molecule has 4 heteroatoms. The zero-order valence-electron chi connectivity index (χ0n) is 10.1. The summed E-state index contributed by atoms with van der Waals surface area (Å²) in [5.41, 5.74) is 2.52. The maximum absolute atomic E-state index is 10.2. The van der Waals surface area contributed by atoms with Crippen LogP contribution in [0.5, 0.6) is 0 Å². The first-order chi connectivity index (χ1) is 8.86. The maximum Gasteiger partial charge on any atom is 0.240 e. The molecule has 0 aliphatic heterocycles. The molecule has 1 heterocycles. The molecule has 3 rings (SSSR count). The third kappa shape index (κ3) is 2.07. The van der Waals surface area contributed by atoms with Crippen molar-refractivity contribution in [2.24, 2.45) is 4.99 Å². The second-order valence-electron chi connectivity index (χ2n) is 4.86. The summed E-state index contributed by atoms with van der Waals surface area (Å²) in [5, 5.41) is 0. The molecule has 1 aliphatic carbocycles. The highest BCUT2D eigenvalue weighted by Crippen LogP contribution is 2.32. The van der Waals surface area contributed by atoms with Gasteiger partial charge in [0.2, 0.25) is 6.08 Å². The molecule has 1 N–H and O–H groups in total. The zero-order chi connectivity index (χ0) is 12.4. The number of H-pyrrole nitrogens is 1. The average molecular weight is 241 g/mol. The predicted octanol–water partition coefficient (Wildman–Crippen LogP) is 3.58. The van der Waals surface area contributed by atoms with Crippen LogP contribution in [0.25, 0.3) is 11.0 Å². The molecule has 4 nitrogen and oxygen atoms in total. The molecule has 92 valence electrons. The molecule has 0 bridgehead atoms. The van der Waals surface area contributed by atoms with Crippen LogP contribution < -0.4 is 0 Å². The fraction of sp³-hybridized carbons (Fsp3) is 0.429. The number of aliphatic imine (C=N–C) groups is 1. The van der Waals surface area contributed by atoms with Gasteiger partial charge in [-0.2, -0.15) is 4.99 Å². The number of fused-ring (bicyclic) bond motifs is 1. The molecule has 0 amide bonds. The summed E-state index contributed by atoms with van der Waals surface area (Å²) < 4.78 is 0. The number of rotatable bonds is 2. The average Bonchev–Trinajstić information content (AvgIpc) is 2.83. The fourth-order valence-corrected chi connectivity index (χ4v) is 2.71. The number of nitrogens with zero attached hydrogens (tertiary/aromatic N) is 2. The second kappa shape index (κ2) is 4.75. The number of imidazole rings is 1. The van der Waals surface area contributed by atoms with Crippen LogP contribution in [0.1, 0.15) is 43.8 Å². The zero-order valence-corrected chi connectivity index (χ0v) is 10.1. The van der Waals surface area contributed by atoms with Gasteiger partial charge in [-0.1, -0.05) is 19.3 Å². The van der Waals surface area contributed by atoms with E-state index in [9.17, 15) is 4.79 Å². The largest absolute Gasteiger partial charge is 0.342 e. The number of isocyanates is 1. The van der Waals surface area contributed by atoms with Crippen LogP contribution in [0, 0.1) is 0 Å². The maximum atomic E-state index is 10.2. The van der Waals surface area contributed by atoms with Crippen molar-refractivity contribution in [1.29, 1.82) is 0 Å². The number of benzene rings is 1. The van der Waals surface area contributed by atoms with E-state index >= 15 is 0 Å². The SMILES string of the molecule is O=C=Nc1ccc2nc(C3CCCCC3)[nH]c2c1. The number of carbonyl (C=O) groups excluding carboxylic acids is 1. The van der Waals surface area contributed by atoms with Gasteiger partial charge in [0, 0.05) is 5.92 Å². The van der Waals surface area contributed by atoms with Gasteiger partial charge in [0.15, 0.2) is 0 Å². The Labute approximate surface area is 105 Å². The molecule has 0 unspecified atom stereocenters. The minimum Gasteiger partial charge on any atom is -0.342 e. The minimum absolute atomic E-state index is 0.559. The molecule has 1 fully saturated rings. The van der Waals surface area contributed by atoms with E-state index in [-0.39, 0.29) is 0 Å². The lowest BCUT2D eigenvalue weighted by Crippen LogP contribution is -2.05. The molecule has 0 radical (unpaired) electrons. The summed E-state index contributed by atoms with van der Waals surface area (Å²) in [4.78, 5) is 21.9. The molecule has 1 aromatic heterocycles. The number of hydrogen-bond donors (Lipinski definition) is 1. The number of nitrogens with one attached hydrogen (secondary N) is 1. The molecule has 0 saturated heterocycles. The van der Waals surface area contributed by atoms with E-state index in [0.717, 1.165) is 16.9 Å². The lowest BCUT2D eigenvalue weighted by atomic mass is 9.89. The van der Waals surface area contributed by atoms with Crippen molar-refractivity contribution in [3.8, 4) is 0 Å². The first-order valence-electron chi connectivity index (χ1n) is 6.44. The van der Waals surface area contributed by atoms with Crippen molar-refractivity contribution >= 4 is 22.8 Å².